The predicted molar refractivity (Wildman–Crippen MR) is 88.0 cm³/mol. The molecule has 1 aromatic heterocycles. The number of rotatable bonds is 6. The molecule has 1 aliphatic carbocycles. The Morgan fingerprint density at radius 3 is 2.95 bits per heavy atom. The lowest BCUT2D eigenvalue weighted by molar-refractivity contribution is 0.0378. The second kappa shape index (κ2) is 7.44. The Morgan fingerprint density at radius 1 is 1.36 bits per heavy atom. The molecular formula is C16H24N2O3S. The first-order valence-corrected chi connectivity index (χ1v) is 8.88. The number of anilines is 1. The Hall–Kier alpha value is -1.11. The van der Waals surface area contributed by atoms with Crippen molar-refractivity contribution in [3.8, 4) is 0 Å². The van der Waals surface area contributed by atoms with Gasteiger partial charge in [0.2, 0.25) is 0 Å². The second-order valence-electron chi connectivity index (χ2n) is 5.79. The van der Waals surface area contributed by atoms with Crippen molar-refractivity contribution in [3.05, 3.63) is 16.0 Å². The number of ether oxygens (including phenoxy) is 2. The van der Waals surface area contributed by atoms with Crippen LogP contribution in [-0.2, 0) is 22.3 Å². The maximum Gasteiger partial charge on any atom is 0.341 e. The van der Waals surface area contributed by atoms with Gasteiger partial charge in [-0.05, 0) is 37.8 Å². The summed E-state index contributed by atoms with van der Waals surface area (Å²) in [4.78, 5) is 15.8. The number of carbonyl (C=O) groups excluding carboxylic acids is 1. The van der Waals surface area contributed by atoms with Crippen LogP contribution in [-0.4, -0.2) is 57.4 Å². The Morgan fingerprint density at radius 2 is 2.18 bits per heavy atom. The van der Waals surface area contributed by atoms with Gasteiger partial charge in [0.1, 0.15) is 5.00 Å². The number of hydrogen-bond acceptors (Lipinski definition) is 6. The van der Waals surface area contributed by atoms with Gasteiger partial charge in [-0.3, -0.25) is 4.90 Å². The fraction of sp³-hybridized carbons (Fsp3) is 0.688. The van der Waals surface area contributed by atoms with Crippen molar-refractivity contribution in [1.82, 2.24) is 4.90 Å². The molecule has 0 saturated carbocycles. The highest BCUT2D eigenvalue weighted by Crippen LogP contribution is 2.39. The highest BCUT2D eigenvalue weighted by atomic mass is 32.1. The highest BCUT2D eigenvalue weighted by molar-refractivity contribution is 7.16. The van der Waals surface area contributed by atoms with Crippen molar-refractivity contribution in [2.45, 2.75) is 25.7 Å². The molecule has 22 heavy (non-hydrogen) atoms. The Balaban J connectivity index is 1.54. The monoisotopic (exact) mass is 324 g/mol. The third-order valence-electron chi connectivity index (χ3n) is 4.35. The first-order chi connectivity index (χ1) is 10.8. The zero-order chi connectivity index (χ0) is 15.4. The first-order valence-electron chi connectivity index (χ1n) is 8.06. The Bertz CT molecular complexity index is 524. The number of methoxy groups -OCH3 is 1. The summed E-state index contributed by atoms with van der Waals surface area (Å²) >= 11 is 1.73. The van der Waals surface area contributed by atoms with E-state index in [0.29, 0.717) is 0 Å². The number of hydrogen-bond donors (Lipinski definition) is 1. The minimum Gasteiger partial charge on any atom is -0.465 e. The van der Waals surface area contributed by atoms with E-state index in [1.165, 1.54) is 17.6 Å². The maximum atomic E-state index is 12.1. The number of nitrogens with one attached hydrogen (secondary N) is 1. The number of thiophene rings is 1. The number of fused-ring (bicyclic) bond motifs is 1. The molecule has 1 saturated heterocycles. The summed E-state index contributed by atoms with van der Waals surface area (Å²) in [6.07, 6.45) is 4.33. The summed E-state index contributed by atoms with van der Waals surface area (Å²) in [5, 5.41) is 4.46. The first kappa shape index (κ1) is 15.8. The fourth-order valence-corrected chi connectivity index (χ4v) is 4.48. The molecule has 0 aromatic carbocycles. The van der Waals surface area contributed by atoms with Crippen LogP contribution in [0, 0.1) is 0 Å². The van der Waals surface area contributed by atoms with E-state index in [0.717, 1.165) is 75.6 Å². The SMILES string of the molecule is COC(=O)c1c(NCCCN2CCOCC2)sc2c1CCC2. The summed E-state index contributed by atoms with van der Waals surface area (Å²) in [7, 11) is 1.46. The van der Waals surface area contributed by atoms with E-state index in [2.05, 4.69) is 10.2 Å². The van der Waals surface area contributed by atoms with Gasteiger partial charge in [0.05, 0.1) is 25.9 Å². The van der Waals surface area contributed by atoms with Crippen molar-refractivity contribution in [3.63, 3.8) is 0 Å². The van der Waals surface area contributed by atoms with E-state index >= 15 is 0 Å². The molecule has 0 radical (unpaired) electrons. The number of nitrogens with zero attached hydrogens (tertiary/aromatic N) is 1. The Kier molecular flexibility index (Phi) is 5.33. The quantitative estimate of drug-likeness (QED) is 0.642. The van der Waals surface area contributed by atoms with Gasteiger partial charge in [-0.25, -0.2) is 4.79 Å². The normalized spacial score (nSPS) is 18.2. The van der Waals surface area contributed by atoms with E-state index in [4.69, 9.17) is 9.47 Å². The average Bonchev–Trinajstić information content (AvgIpc) is 3.12. The average molecular weight is 324 g/mol. The Labute approximate surface area is 135 Å². The molecule has 0 amide bonds. The van der Waals surface area contributed by atoms with Gasteiger partial charge < -0.3 is 14.8 Å². The molecule has 1 aliphatic heterocycles. The summed E-state index contributed by atoms with van der Waals surface area (Å²) in [6, 6.07) is 0. The molecule has 0 spiro atoms. The maximum absolute atomic E-state index is 12.1. The number of esters is 1. The van der Waals surface area contributed by atoms with Crippen molar-refractivity contribution >= 4 is 22.3 Å². The zero-order valence-electron chi connectivity index (χ0n) is 13.2. The van der Waals surface area contributed by atoms with E-state index in [1.54, 1.807) is 11.3 Å². The molecule has 1 N–H and O–H groups in total. The molecule has 1 fully saturated rings. The van der Waals surface area contributed by atoms with E-state index in [9.17, 15) is 4.79 Å². The second-order valence-corrected chi connectivity index (χ2v) is 6.89. The van der Waals surface area contributed by atoms with Crippen LogP contribution >= 0.6 is 11.3 Å². The minimum absolute atomic E-state index is 0.199. The number of aryl methyl sites for hydroxylation is 1. The molecular weight excluding hydrogens is 300 g/mol. The van der Waals surface area contributed by atoms with E-state index in [-0.39, 0.29) is 5.97 Å². The topological polar surface area (TPSA) is 50.8 Å². The molecule has 0 unspecified atom stereocenters. The largest absolute Gasteiger partial charge is 0.465 e. The molecule has 0 bridgehead atoms. The summed E-state index contributed by atoms with van der Waals surface area (Å²) in [6.45, 7) is 5.71. The van der Waals surface area contributed by atoms with Crippen LogP contribution in [0.15, 0.2) is 0 Å². The van der Waals surface area contributed by atoms with Gasteiger partial charge in [0.15, 0.2) is 0 Å². The number of carbonyl (C=O) groups is 1. The highest BCUT2D eigenvalue weighted by Gasteiger charge is 2.26. The third-order valence-corrected chi connectivity index (χ3v) is 5.60. The molecule has 1 aromatic rings. The smallest absolute Gasteiger partial charge is 0.341 e. The van der Waals surface area contributed by atoms with Crippen molar-refractivity contribution in [2.75, 3.05) is 51.8 Å². The summed E-state index contributed by atoms with van der Waals surface area (Å²) in [5.41, 5.74) is 2.00. The van der Waals surface area contributed by atoms with Gasteiger partial charge in [-0.2, -0.15) is 0 Å². The molecule has 2 aliphatic rings. The lowest BCUT2D eigenvalue weighted by Crippen LogP contribution is -2.37. The van der Waals surface area contributed by atoms with Gasteiger partial charge in [-0.1, -0.05) is 0 Å². The fourth-order valence-electron chi connectivity index (χ4n) is 3.18. The minimum atomic E-state index is -0.199. The molecule has 3 rings (SSSR count). The summed E-state index contributed by atoms with van der Waals surface area (Å²) < 4.78 is 10.3. The van der Waals surface area contributed by atoms with Crippen LogP contribution in [0.2, 0.25) is 0 Å². The van der Waals surface area contributed by atoms with Crippen LogP contribution in [0.25, 0.3) is 0 Å². The van der Waals surface area contributed by atoms with E-state index < -0.39 is 0 Å². The zero-order valence-corrected chi connectivity index (χ0v) is 14.0. The van der Waals surface area contributed by atoms with Gasteiger partial charge in [0.25, 0.3) is 0 Å². The van der Waals surface area contributed by atoms with Gasteiger partial charge >= 0.3 is 5.97 Å². The van der Waals surface area contributed by atoms with Crippen LogP contribution in [0.5, 0.6) is 0 Å². The van der Waals surface area contributed by atoms with Crippen LogP contribution < -0.4 is 5.32 Å². The summed E-state index contributed by atoms with van der Waals surface area (Å²) in [5.74, 6) is -0.199. The van der Waals surface area contributed by atoms with Crippen LogP contribution in [0.1, 0.15) is 33.6 Å². The van der Waals surface area contributed by atoms with Gasteiger partial charge in [0, 0.05) is 24.5 Å². The molecule has 122 valence electrons. The van der Waals surface area contributed by atoms with E-state index in [1.807, 2.05) is 0 Å². The lowest BCUT2D eigenvalue weighted by atomic mass is 10.1. The van der Waals surface area contributed by atoms with Crippen molar-refractivity contribution in [2.24, 2.45) is 0 Å². The van der Waals surface area contributed by atoms with Crippen LogP contribution in [0.3, 0.4) is 0 Å². The van der Waals surface area contributed by atoms with Crippen LogP contribution in [0.4, 0.5) is 5.00 Å². The molecule has 5 nitrogen and oxygen atoms in total. The lowest BCUT2D eigenvalue weighted by Gasteiger charge is -2.26. The number of morpholine rings is 1. The standard InChI is InChI=1S/C16H24N2O3S/c1-20-16(19)14-12-4-2-5-13(12)22-15(14)17-6-3-7-18-8-10-21-11-9-18/h17H,2-11H2,1H3. The van der Waals surface area contributed by atoms with Crippen molar-refractivity contribution < 1.29 is 14.3 Å². The van der Waals surface area contributed by atoms with Crippen molar-refractivity contribution in [1.29, 1.82) is 0 Å². The molecule has 0 atom stereocenters. The third kappa shape index (κ3) is 3.45. The van der Waals surface area contributed by atoms with Gasteiger partial charge in [-0.15, -0.1) is 11.3 Å². The molecule has 2 heterocycles. The predicted octanol–water partition coefficient (Wildman–Crippen LogP) is 2.16. The molecule has 6 heteroatoms.